The Hall–Kier alpha value is -1.34. The van der Waals surface area contributed by atoms with Crippen molar-refractivity contribution >= 4 is 22.0 Å². The van der Waals surface area contributed by atoms with E-state index in [4.69, 9.17) is 0 Å². The first-order chi connectivity index (χ1) is 8.36. The van der Waals surface area contributed by atoms with Crippen molar-refractivity contribution in [1.29, 1.82) is 0 Å². The monoisotopic (exact) mass is 286 g/mol. The van der Waals surface area contributed by atoms with Crippen molar-refractivity contribution in [3.05, 3.63) is 76.3 Å². The quantitative estimate of drug-likeness (QED) is 0.734. The number of hydrogen-bond donors (Lipinski definition) is 0. The van der Waals surface area contributed by atoms with E-state index in [-0.39, 0.29) is 0 Å². The highest BCUT2D eigenvalue weighted by atomic mass is 79.9. The molecule has 0 nitrogen and oxygen atoms in total. The summed E-state index contributed by atoms with van der Waals surface area (Å²) in [6.45, 7) is 0. The van der Waals surface area contributed by atoms with Crippen molar-refractivity contribution in [1.82, 2.24) is 0 Å². The summed E-state index contributed by atoms with van der Waals surface area (Å²) in [6.07, 6.45) is 6.55. The van der Waals surface area contributed by atoms with Crippen LogP contribution in [0.2, 0.25) is 0 Å². The molecule has 0 atom stereocenters. The lowest BCUT2D eigenvalue weighted by atomic mass is 10.1. The normalized spacial score (nSPS) is 10.9. The second-order valence-corrected chi connectivity index (χ2v) is 4.80. The Bertz CT molecular complexity index is 486. The van der Waals surface area contributed by atoms with Gasteiger partial charge in [0.2, 0.25) is 0 Å². The van der Waals surface area contributed by atoms with Crippen molar-refractivity contribution in [2.75, 3.05) is 0 Å². The molecule has 86 valence electrons. The van der Waals surface area contributed by atoms with Gasteiger partial charge in [-0.25, -0.2) is 0 Å². The fourth-order valence-electron chi connectivity index (χ4n) is 1.72. The largest absolute Gasteiger partial charge is 0.0836 e. The number of halogens is 1. The molecule has 1 heteroatoms. The van der Waals surface area contributed by atoms with Crippen LogP contribution in [-0.2, 0) is 6.42 Å². The van der Waals surface area contributed by atoms with Gasteiger partial charge in [-0.2, -0.15) is 0 Å². The van der Waals surface area contributed by atoms with Crippen LogP contribution < -0.4 is 0 Å². The molecule has 2 aromatic rings. The molecule has 0 radical (unpaired) electrons. The Morgan fingerprint density at radius 3 is 2.35 bits per heavy atom. The molecular weight excluding hydrogens is 272 g/mol. The molecule has 0 aromatic heterocycles. The number of allylic oxidation sites excluding steroid dienone is 1. The van der Waals surface area contributed by atoms with Gasteiger partial charge in [0.05, 0.1) is 0 Å². The first kappa shape index (κ1) is 12.1. The average Bonchev–Trinajstić information content (AvgIpc) is 2.38. The fourth-order valence-corrected chi connectivity index (χ4v) is 2.21. The van der Waals surface area contributed by atoms with Crippen LogP contribution in [0, 0.1) is 0 Å². The molecule has 0 spiro atoms. The molecular formula is C16H15Br. The fraction of sp³-hybridized carbons (Fsp3) is 0.125. The number of aryl methyl sites for hydroxylation is 1. The highest BCUT2D eigenvalue weighted by Crippen LogP contribution is 2.17. The summed E-state index contributed by atoms with van der Waals surface area (Å²) in [5.74, 6) is 0. The first-order valence-electron chi connectivity index (χ1n) is 5.81. The molecule has 0 N–H and O–H groups in total. The van der Waals surface area contributed by atoms with E-state index in [1.807, 2.05) is 12.1 Å². The van der Waals surface area contributed by atoms with Gasteiger partial charge in [0.15, 0.2) is 0 Å². The summed E-state index contributed by atoms with van der Waals surface area (Å²) in [4.78, 5) is 0. The molecule has 0 aliphatic rings. The smallest absolute Gasteiger partial charge is 0.0207 e. The van der Waals surface area contributed by atoms with Crippen molar-refractivity contribution < 1.29 is 0 Å². The topological polar surface area (TPSA) is 0 Å². The molecule has 17 heavy (non-hydrogen) atoms. The maximum absolute atomic E-state index is 3.57. The van der Waals surface area contributed by atoms with Crippen molar-refractivity contribution in [2.24, 2.45) is 0 Å². The summed E-state index contributed by atoms with van der Waals surface area (Å²) in [6, 6.07) is 18.8. The van der Waals surface area contributed by atoms with E-state index in [2.05, 4.69) is 70.5 Å². The molecule has 0 unspecified atom stereocenters. The minimum atomic E-state index is 1.07. The molecule has 2 rings (SSSR count). The predicted octanol–water partition coefficient (Wildman–Crippen LogP) is 5.10. The van der Waals surface area contributed by atoms with E-state index in [1.165, 1.54) is 15.6 Å². The van der Waals surface area contributed by atoms with E-state index in [9.17, 15) is 0 Å². The second kappa shape index (κ2) is 6.41. The van der Waals surface area contributed by atoms with Crippen LogP contribution in [0.25, 0.3) is 6.08 Å². The summed E-state index contributed by atoms with van der Waals surface area (Å²) >= 11 is 3.57. The van der Waals surface area contributed by atoms with Gasteiger partial charge in [-0.05, 0) is 30.0 Å². The van der Waals surface area contributed by atoms with Gasteiger partial charge in [0, 0.05) is 4.47 Å². The third kappa shape index (κ3) is 3.86. The van der Waals surface area contributed by atoms with Crippen molar-refractivity contribution in [3.63, 3.8) is 0 Å². The predicted molar refractivity (Wildman–Crippen MR) is 77.9 cm³/mol. The summed E-state index contributed by atoms with van der Waals surface area (Å²) in [7, 11) is 0. The van der Waals surface area contributed by atoms with Crippen LogP contribution in [0.15, 0.2) is 65.1 Å². The summed E-state index contributed by atoms with van der Waals surface area (Å²) in [5.41, 5.74) is 2.63. The average molecular weight is 287 g/mol. The van der Waals surface area contributed by atoms with Crippen LogP contribution >= 0.6 is 15.9 Å². The Balaban J connectivity index is 1.88. The van der Waals surface area contributed by atoms with E-state index < -0.39 is 0 Å². The molecule has 0 bridgehead atoms. The highest BCUT2D eigenvalue weighted by Gasteiger charge is 1.95. The van der Waals surface area contributed by atoms with E-state index in [1.54, 1.807) is 0 Å². The Kier molecular flexibility index (Phi) is 4.57. The Morgan fingerprint density at radius 1 is 0.882 bits per heavy atom. The zero-order chi connectivity index (χ0) is 11.9. The van der Waals surface area contributed by atoms with Crippen LogP contribution in [0.4, 0.5) is 0 Å². The Morgan fingerprint density at radius 2 is 1.59 bits per heavy atom. The van der Waals surface area contributed by atoms with Gasteiger partial charge in [-0.1, -0.05) is 76.6 Å². The van der Waals surface area contributed by atoms with Gasteiger partial charge in [-0.3, -0.25) is 0 Å². The summed E-state index contributed by atoms with van der Waals surface area (Å²) in [5, 5.41) is 0. The van der Waals surface area contributed by atoms with Crippen molar-refractivity contribution in [2.45, 2.75) is 12.8 Å². The molecule has 0 fully saturated rings. The van der Waals surface area contributed by atoms with E-state index in [0.717, 1.165) is 12.8 Å². The van der Waals surface area contributed by atoms with Gasteiger partial charge in [0.1, 0.15) is 0 Å². The summed E-state index contributed by atoms with van der Waals surface area (Å²) < 4.78 is 1.20. The maximum atomic E-state index is 3.57. The van der Waals surface area contributed by atoms with E-state index >= 15 is 0 Å². The maximum Gasteiger partial charge on any atom is 0.0207 e. The number of benzene rings is 2. The van der Waals surface area contributed by atoms with Crippen molar-refractivity contribution in [3.8, 4) is 0 Å². The van der Waals surface area contributed by atoms with E-state index in [0.29, 0.717) is 0 Å². The van der Waals surface area contributed by atoms with Gasteiger partial charge in [-0.15, -0.1) is 0 Å². The first-order valence-corrected chi connectivity index (χ1v) is 6.60. The van der Waals surface area contributed by atoms with Crippen LogP contribution in [-0.4, -0.2) is 0 Å². The Labute approximate surface area is 111 Å². The lowest BCUT2D eigenvalue weighted by molar-refractivity contribution is 0.998. The van der Waals surface area contributed by atoms with Gasteiger partial charge >= 0.3 is 0 Å². The highest BCUT2D eigenvalue weighted by molar-refractivity contribution is 9.10. The number of rotatable bonds is 4. The third-order valence-electron chi connectivity index (χ3n) is 2.65. The standard InChI is InChI=1S/C16H15Br/c17-16-13-7-6-12-15(16)11-5-4-10-14-8-2-1-3-9-14/h1-4,6-10,12-13H,5,11H2. The SMILES string of the molecule is Brc1ccccc1CCC=Cc1ccccc1. The number of hydrogen-bond acceptors (Lipinski definition) is 0. The molecule has 0 aliphatic heterocycles. The molecule has 2 aromatic carbocycles. The van der Waals surface area contributed by atoms with Gasteiger partial charge in [0.25, 0.3) is 0 Å². The lowest BCUT2D eigenvalue weighted by Crippen LogP contribution is -1.84. The van der Waals surface area contributed by atoms with Crippen LogP contribution in [0.5, 0.6) is 0 Å². The zero-order valence-electron chi connectivity index (χ0n) is 9.64. The second-order valence-electron chi connectivity index (χ2n) is 3.94. The molecule has 0 amide bonds. The molecule has 0 heterocycles. The lowest BCUT2D eigenvalue weighted by Gasteiger charge is -2.01. The minimum absolute atomic E-state index is 1.07. The van der Waals surface area contributed by atoms with Crippen LogP contribution in [0.1, 0.15) is 17.5 Å². The molecule has 0 saturated heterocycles. The third-order valence-corrected chi connectivity index (χ3v) is 3.42. The minimum Gasteiger partial charge on any atom is -0.0836 e. The molecule has 0 saturated carbocycles. The van der Waals surface area contributed by atoms with Crippen LogP contribution in [0.3, 0.4) is 0 Å². The van der Waals surface area contributed by atoms with Gasteiger partial charge < -0.3 is 0 Å². The molecule has 0 aliphatic carbocycles. The zero-order valence-corrected chi connectivity index (χ0v) is 11.2.